The highest BCUT2D eigenvalue weighted by atomic mass is 16.2. The highest BCUT2D eigenvalue weighted by Crippen LogP contribution is 2.29. The van der Waals surface area contributed by atoms with Crippen LogP contribution in [0.25, 0.3) is 22.0 Å². The first kappa shape index (κ1) is 11.4. The summed E-state index contributed by atoms with van der Waals surface area (Å²) in [6, 6.07) is 15.6. The van der Waals surface area contributed by atoms with Gasteiger partial charge in [-0.05, 0) is 5.56 Å². The van der Waals surface area contributed by atoms with Crippen LogP contribution in [-0.4, -0.2) is 17.1 Å². The first-order valence-corrected chi connectivity index (χ1v) is 5.96. The molecule has 3 rings (SSSR count). The van der Waals surface area contributed by atoms with E-state index in [1.54, 1.807) is 6.20 Å². The molecule has 1 heterocycles. The molecule has 92 valence electrons. The predicted molar refractivity (Wildman–Crippen MR) is 74.1 cm³/mol. The topological polar surface area (TPSA) is 49.9 Å². The number of para-hydroxylation sites is 1. The van der Waals surface area contributed by atoms with Gasteiger partial charge in [0.05, 0.1) is 11.1 Å². The summed E-state index contributed by atoms with van der Waals surface area (Å²) in [5, 5.41) is 0.776. The molecule has 0 radical (unpaired) electrons. The zero-order valence-corrected chi connectivity index (χ0v) is 10.1. The van der Waals surface area contributed by atoms with Gasteiger partial charge in [-0.25, -0.2) is 0 Å². The number of aldehydes is 1. The Morgan fingerprint density at radius 3 is 2.53 bits per heavy atom. The van der Waals surface area contributed by atoms with Gasteiger partial charge >= 0.3 is 0 Å². The van der Waals surface area contributed by atoms with E-state index in [1.807, 2.05) is 48.5 Å². The minimum absolute atomic E-state index is 0.345. The first-order chi connectivity index (χ1) is 9.31. The van der Waals surface area contributed by atoms with Gasteiger partial charge in [0, 0.05) is 17.1 Å². The maximum atomic E-state index is 11.5. The van der Waals surface area contributed by atoms with Gasteiger partial charge in [-0.3, -0.25) is 9.59 Å². The van der Waals surface area contributed by atoms with E-state index >= 15 is 0 Å². The number of fused-ring (bicyclic) bond motifs is 1. The van der Waals surface area contributed by atoms with Crippen LogP contribution in [0.4, 0.5) is 0 Å². The van der Waals surface area contributed by atoms with Crippen LogP contribution in [0.2, 0.25) is 0 Å². The second kappa shape index (κ2) is 4.53. The van der Waals surface area contributed by atoms with Crippen molar-refractivity contribution in [3.8, 4) is 11.1 Å². The van der Waals surface area contributed by atoms with Gasteiger partial charge in [-0.1, -0.05) is 48.5 Å². The number of hydrogen-bond donors (Lipinski definition) is 1. The number of aromatic nitrogens is 1. The summed E-state index contributed by atoms with van der Waals surface area (Å²) in [7, 11) is 0. The Morgan fingerprint density at radius 1 is 1.00 bits per heavy atom. The van der Waals surface area contributed by atoms with Crippen molar-refractivity contribution in [2.75, 3.05) is 0 Å². The van der Waals surface area contributed by atoms with Crippen molar-refractivity contribution in [2.45, 2.75) is 0 Å². The van der Waals surface area contributed by atoms with Gasteiger partial charge in [0.15, 0.2) is 6.29 Å². The Hall–Kier alpha value is -2.68. The van der Waals surface area contributed by atoms with Crippen LogP contribution in [0, 0.1) is 0 Å². The largest absolute Gasteiger partial charge is 0.360 e. The smallest absolute Gasteiger partial charge is 0.227 e. The molecule has 0 saturated carbocycles. The summed E-state index contributed by atoms with van der Waals surface area (Å²) in [4.78, 5) is 25.3. The number of ketones is 1. The molecule has 0 saturated heterocycles. The molecule has 0 fully saturated rings. The van der Waals surface area contributed by atoms with E-state index in [-0.39, 0.29) is 0 Å². The standard InChI is InChI=1S/C16H11NO2/c18-10-15(19)14-9-17-16-12(7-4-8-13(14)16)11-5-2-1-3-6-11/h1-10,17H. The zero-order valence-electron chi connectivity index (χ0n) is 10.1. The van der Waals surface area contributed by atoms with Crippen molar-refractivity contribution in [3.63, 3.8) is 0 Å². The number of Topliss-reactive ketones (excluding diaryl/α,β-unsaturated/α-hetero) is 1. The Labute approximate surface area is 109 Å². The van der Waals surface area contributed by atoms with E-state index < -0.39 is 5.78 Å². The SMILES string of the molecule is O=CC(=O)c1c[nH]c2c(-c3ccccc3)cccc12. The summed E-state index contributed by atoms with van der Waals surface area (Å²) in [6.07, 6.45) is 1.94. The lowest BCUT2D eigenvalue weighted by molar-refractivity contribution is -0.104. The van der Waals surface area contributed by atoms with E-state index in [9.17, 15) is 9.59 Å². The molecule has 0 spiro atoms. The lowest BCUT2D eigenvalue weighted by atomic mass is 10.0. The van der Waals surface area contributed by atoms with Crippen LogP contribution in [0.1, 0.15) is 10.4 Å². The van der Waals surface area contributed by atoms with Crippen LogP contribution in [-0.2, 0) is 4.79 Å². The molecule has 3 nitrogen and oxygen atoms in total. The van der Waals surface area contributed by atoms with E-state index in [2.05, 4.69) is 4.98 Å². The highest BCUT2D eigenvalue weighted by molar-refractivity contribution is 6.36. The summed E-state index contributed by atoms with van der Waals surface area (Å²) in [5.74, 6) is -0.503. The molecule has 0 aliphatic heterocycles. The third kappa shape index (κ3) is 1.85. The lowest BCUT2D eigenvalue weighted by Gasteiger charge is -2.03. The van der Waals surface area contributed by atoms with Crippen molar-refractivity contribution in [1.29, 1.82) is 0 Å². The molecule has 3 aromatic rings. The molecule has 2 aromatic carbocycles. The molecule has 0 bridgehead atoms. The molecular weight excluding hydrogens is 238 g/mol. The van der Waals surface area contributed by atoms with E-state index in [0.29, 0.717) is 11.8 Å². The van der Waals surface area contributed by atoms with Gasteiger partial charge in [0.1, 0.15) is 0 Å². The number of carbonyl (C=O) groups is 2. The molecule has 0 aliphatic carbocycles. The van der Waals surface area contributed by atoms with Crippen molar-refractivity contribution < 1.29 is 9.59 Å². The Bertz CT molecular complexity index is 757. The molecule has 0 amide bonds. The number of aromatic amines is 1. The number of nitrogens with one attached hydrogen (secondary N) is 1. The summed E-state index contributed by atoms with van der Waals surface area (Å²) < 4.78 is 0. The number of hydrogen-bond acceptors (Lipinski definition) is 2. The molecule has 0 aliphatic rings. The third-order valence-electron chi connectivity index (χ3n) is 3.17. The van der Waals surface area contributed by atoms with Crippen molar-refractivity contribution >= 4 is 23.0 Å². The Morgan fingerprint density at radius 2 is 1.79 bits per heavy atom. The maximum Gasteiger partial charge on any atom is 0.227 e. The molecule has 0 atom stereocenters. The van der Waals surface area contributed by atoms with Gasteiger partial charge < -0.3 is 4.98 Å². The van der Waals surface area contributed by atoms with E-state index in [0.717, 1.165) is 22.0 Å². The first-order valence-electron chi connectivity index (χ1n) is 5.96. The molecule has 3 heteroatoms. The normalized spacial score (nSPS) is 10.5. The van der Waals surface area contributed by atoms with Crippen LogP contribution in [0.5, 0.6) is 0 Å². The highest BCUT2D eigenvalue weighted by Gasteiger charge is 2.13. The minimum Gasteiger partial charge on any atom is -0.360 e. The van der Waals surface area contributed by atoms with Crippen molar-refractivity contribution in [2.24, 2.45) is 0 Å². The van der Waals surface area contributed by atoms with Gasteiger partial charge in [0.25, 0.3) is 0 Å². The predicted octanol–water partition coefficient (Wildman–Crippen LogP) is 3.22. The van der Waals surface area contributed by atoms with Crippen molar-refractivity contribution in [1.82, 2.24) is 4.98 Å². The average Bonchev–Trinajstić information content (AvgIpc) is 2.91. The average molecular weight is 249 g/mol. The summed E-state index contributed by atoms with van der Waals surface area (Å²) >= 11 is 0. The maximum absolute atomic E-state index is 11.5. The lowest BCUT2D eigenvalue weighted by Crippen LogP contribution is -1.97. The quantitative estimate of drug-likeness (QED) is 0.440. The Balaban J connectivity index is 2.26. The number of carbonyl (C=O) groups excluding carboxylic acids is 2. The molecule has 1 aromatic heterocycles. The second-order valence-corrected chi connectivity index (χ2v) is 4.28. The van der Waals surface area contributed by atoms with E-state index in [1.165, 1.54) is 0 Å². The molecule has 1 N–H and O–H groups in total. The Kier molecular flexibility index (Phi) is 2.72. The zero-order chi connectivity index (χ0) is 13.2. The van der Waals surface area contributed by atoms with Crippen LogP contribution >= 0.6 is 0 Å². The fraction of sp³-hybridized carbons (Fsp3) is 0. The van der Waals surface area contributed by atoms with Gasteiger partial charge in [-0.15, -0.1) is 0 Å². The number of rotatable bonds is 3. The van der Waals surface area contributed by atoms with Gasteiger partial charge in [-0.2, -0.15) is 0 Å². The van der Waals surface area contributed by atoms with Crippen LogP contribution in [0.15, 0.2) is 54.7 Å². The molecule has 0 unspecified atom stereocenters. The molecule has 19 heavy (non-hydrogen) atoms. The third-order valence-corrected chi connectivity index (χ3v) is 3.17. The second-order valence-electron chi connectivity index (χ2n) is 4.28. The van der Waals surface area contributed by atoms with Gasteiger partial charge in [0.2, 0.25) is 5.78 Å². The van der Waals surface area contributed by atoms with Crippen LogP contribution < -0.4 is 0 Å². The summed E-state index contributed by atoms with van der Waals surface area (Å²) in [6.45, 7) is 0. The van der Waals surface area contributed by atoms with E-state index in [4.69, 9.17) is 0 Å². The van der Waals surface area contributed by atoms with Crippen LogP contribution in [0.3, 0.4) is 0 Å². The number of benzene rings is 2. The fourth-order valence-electron chi connectivity index (χ4n) is 2.28. The number of H-pyrrole nitrogens is 1. The molecular formula is C16H11NO2. The minimum atomic E-state index is -0.503. The fourth-order valence-corrected chi connectivity index (χ4v) is 2.28. The summed E-state index contributed by atoms with van der Waals surface area (Å²) in [5.41, 5.74) is 3.38. The monoisotopic (exact) mass is 249 g/mol. The van der Waals surface area contributed by atoms with Crippen molar-refractivity contribution in [3.05, 3.63) is 60.3 Å².